The Balaban J connectivity index is 1.53. The molecule has 11 atom stereocenters. The molecular formula is C46H57NO15. The number of amides is 1. The molecule has 1 heterocycles. The van der Waals surface area contributed by atoms with Gasteiger partial charge in [-0.25, -0.2) is 14.4 Å². The van der Waals surface area contributed by atoms with Gasteiger partial charge < -0.3 is 49.1 Å². The highest BCUT2D eigenvalue weighted by atomic mass is 16.6. The summed E-state index contributed by atoms with van der Waals surface area (Å²) in [6, 6.07) is 14.6. The maximum atomic E-state index is 15.5. The van der Waals surface area contributed by atoms with Crippen molar-refractivity contribution in [1.29, 1.82) is 0 Å². The third kappa shape index (κ3) is 7.90. The van der Waals surface area contributed by atoms with Gasteiger partial charge in [0, 0.05) is 32.1 Å². The van der Waals surface area contributed by atoms with Crippen LogP contribution >= 0.6 is 0 Å². The van der Waals surface area contributed by atoms with Crippen molar-refractivity contribution in [3.05, 3.63) is 82.9 Å². The second-order valence-corrected chi connectivity index (χ2v) is 18.2. The summed E-state index contributed by atoms with van der Waals surface area (Å²) in [5.74, 6) is -6.30. The summed E-state index contributed by atoms with van der Waals surface area (Å²) in [5.41, 5.74) is -8.25. The second kappa shape index (κ2) is 16.8. The van der Waals surface area contributed by atoms with Gasteiger partial charge in [0.25, 0.3) is 0 Å². The molecule has 3 fully saturated rings. The number of esters is 4. The Morgan fingerprint density at radius 1 is 0.935 bits per heavy atom. The van der Waals surface area contributed by atoms with Gasteiger partial charge in [0.05, 0.1) is 35.6 Å². The van der Waals surface area contributed by atoms with E-state index in [2.05, 4.69) is 5.32 Å². The largest absolute Gasteiger partial charge is 0.456 e. The van der Waals surface area contributed by atoms with E-state index in [9.17, 15) is 39.3 Å². The van der Waals surface area contributed by atoms with Crippen molar-refractivity contribution >= 4 is 35.8 Å². The Hall–Kier alpha value is -5.16. The molecule has 3 aliphatic carbocycles. The molecule has 6 rings (SSSR count). The summed E-state index contributed by atoms with van der Waals surface area (Å²) in [4.78, 5) is 83.1. The maximum Gasteiger partial charge on any atom is 0.408 e. The van der Waals surface area contributed by atoms with Gasteiger partial charge in [-0.05, 0) is 63.0 Å². The number of benzene rings is 2. The molecule has 1 amide bonds. The second-order valence-electron chi connectivity index (χ2n) is 18.2. The minimum absolute atomic E-state index is 0.0111. The van der Waals surface area contributed by atoms with Crippen LogP contribution < -0.4 is 5.32 Å². The number of ether oxygens (including phenoxy) is 6. The zero-order chi connectivity index (χ0) is 45.7. The number of hydrogen-bond acceptors (Lipinski definition) is 15. The first kappa shape index (κ1) is 46.3. The Labute approximate surface area is 360 Å². The number of nitrogens with one attached hydrogen (secondary N) is 1. The summed E-state index contributed by atoms with van der Waals surface area (Å²) in [5, 5.41) is 40.0. The number of carbonyl (C=O) groups is 6. The van der Waals surface area contributed by atoms with Crippen LogP contribution in [0.25, 0.3) is 0 Å². The van der Waals surface area contributed by atoms with Crippen molar-refractivity contribution in [2.75, 3.05) is 6.61 Å². The molecule has 0 radical (unpaired) electrons. The lowest BCUT2D eigenvalue weighted by molar-refractivity contribution is -0.346. The number of aliphatic hydroxyl groups is 3. The summed E-state index contributed by atoms with van der Waals surface area (Å²) in [6.45, 7) is 13.2. The van der Waals surface area contributed by atoms with Gasteiger partial charge in [-0.2, -0.15) is 0 Å². The van der Waals surface area contributed by atoms with E-state index >= 15 is 4.79 Å². The average molecular weight is 864 g/mol. The molecule has 0 spiro atoms. The van der Waals surface area contributed by atoms with Crippen molar-refractivity contribution in [2.24, 2.45) is 16.7 Å². The predicted octanol–water partition coefficient (Wildman–Crippen LogP) is 4.22. The van der Waals surface area contributed by atoms with Gasteiger partial charge in [0.2, 0.25) is 0 Å². The first-order valence-corrected chi connectivity index (χ1v) is 20.8. The lowest BCUT2D eigenvalue weighted by atomic mass is 9.44. The highest BCUT2D eigenvalue weighted by Crippen LogP contribution is 2.64. The van der Waals surface area contributed by atoms with Crippen molar-refractivity contribution in [3.8, 4) is 0 Å². The van der Waals surface area contributed by atoms with E-state index in [0.717, 1.165) is 13.8 Å². The van der Waals surface area contributed by atoms with E-state index in [0.29, 0.717) is 12.0 Å². The maximum absolute atomic E-state index is 15.5. The number of ketones is 1. The average Bonchev–Trinajstić information content (AvgIpc) is 3.20. The summed E-state index contributed by atoms with van der Waals surface area (Å²) < 4.78 is 35.8. The van der Waals surface area contributed by atoms with Gasteiger partial charge in [-0.3, -0.25) is 14.4 Å². The lowest BCUT2D eigenvalue weighted by Crippen LogP contribution is -2.82. The molecule has 1 aliphatic heterocycles. The van der Waals surface area contributed by atoms with Gasteiger partial charge in [0.15, 0.2) is 23.6 Å². The van der Waals surface area contributed by atoms with Crippen LogP contribution in [0.5, 0.6) is 0 Å². The molecule has 2 aromatic carbocycles. The minimum Gasteiger partial charge on any atom is -0.456 e. The smallest absolute Gasteiger partial charge is 0.408 e. The first-order valence-electron chi connectivity index (χ1n) is 20.8. The van der Waals surface area contributed by atoms with Crippen molar-refractivity contribution < 1.29 is 72.5 Å². The number of Topliss-reactive ketones (excluding diaryl/α,β-unsaturated/α-hetero) is 1. The van der Waals surface area contributed by atoms with E-state index < -0.39 is 118 Å². The zero-order valence-corrected chi connectivity index (χ0v) is 36.5. The highest BCUT2D eigenvalue weighted by molar-refractivity contribution is 5.95. The SMILES string of the molecule is CCC(C)(C)OC(=O)N[C@@H](c1ccccc1)[C@@H](O)C(=O)OC1C[C@@]2(O)[C@@H](OC(=O)c3ccccc3)[C@@H]3[C@]4(OC(C)=O)CO[C@@H]4C[C@H](O)[C@@]3(C)C(=O)[C@H](OC(C)=O)C(=C1C)C2(C)C. The predicted molar refractivity (Wildman–Crippen MR) is 218 cm³/mol. The van der Waals surface area contributed by atoms with Crippen LogP contribution in [0, 0.1) is 16.7 Å². The molecule has 4 aliphatic rings. The van der Waals surface area contributed by atoms with Crippen molar-refractivity contribution in [1.82, 2.24) is 5.32 Å². The molecule has 2 aromatic rings. The Morgan fingerprint density at radius 2 is 1.55 bits per heavy atom. The molecule has 1 saturated heterocycles. The van der Waals surface area contributed by atoms with Crippen LogP contribution in [-0.4, -0.2) is 111 Å². The van der Waals surface area contributed by atoms with E-state index in [1.54, 1.807) is 76.2 Å². The van der Waals surface area contributed by atoms with E-state index in [4.69, 9.17) is 28.4 Å². The number of carbonyl (C=O) groups excluding carboxylic acids is 6. The number of alkyl carbamates (subject to hydrolysis) is 1. The van der Waals surface area contributed by atoms with E-state index in [-0.39, 0.29) is 29.7 Å². The quantitative estimate of drug-likeness (QED) is 0.141. The monoisotopic (exact) mass is 863 g/mol. The van der Waals surface area contributed by atoms with Crippen LogP contribution in [0.15, 0.2) is 71.8 Å². The Bertz CT molecular complexity index is 2120. The summed E-state index contributed by atoms with van der Waals surface area (Å²) in [6.07, 6.45) is -11.1. The molecule has 0 aromatic heterocycles. The Morgan fingerprint density at radius 3 is 2.10 bits per heavy atom. The normalized spacial score (nSPS) is 32.2. The summed E-state index contributed by atoms with van der Waals surface area (Å²) >= 11 is 0. The van der Waals surface area contributed by atoms with Gasteiger partial charge in [0.1, 0.15) is 29.5 Å². The third-order valence-corrected chi connectivity index (χ3v) is 13.7. The zero-order valence-electron chi connectivity index (χ0n) is 36.5. The van der Waals surface area contributed by atoms with E-state index in [1.807, 2.05) is 6.92 Å². The lowest BCUT2D eigenvalue weighted by Gasteiger charge is -2.67. The highest BCUT2D eigenvalue weighted by Gasteiger charge is 2.78. The standard InChI is InChI=1S/C46H57NO15/c1-10-42(5,6)62-41(55)47-33(27-17-13-11-14-18-27)34(51)40(54)59-29-22-46(56)38(60-39(53)28-19-15-12-16-20-28)36-44(9,30(50)21-31-45(36,23-57-31)61-26(4)49)37(52)35(58-25(3)48)32(24(29)2)43(46,7)8/h11-20,29-31,33-36,38,50-51,56H,10,21-23H2,1-9H3,(H,47,55)/t29?,30-,31+,33-,34+,35+,36-,38-,44+,45-,46+/m0/s1. The Kier molecular flexibility index (Phi) is 12.6. The molecular weight excluding hydrogens is 806 g/mol. The molecule has 2 saturated carbocycles. The number of fused-ring (bicyclic) bond motifs is 5. The molecule has 62 heavy (non-hydrogen) atoms. The molecule has 2 bridgehead atoms. The van der Waals surface area contributed by atoms with Crippen LogP contribution in [0.4, 0.5) is 4.79 Å². The van der Waals surface area contributed by atoms with Crippen LogP contribution in [0.3, 0.4) is 0 Å². The van der Waals surface area contributed by atoms with Crippen molar-refractivity contribution in [2.45, 2.75) is 141 Å². The fraction of sp³-hybridized carbons (Fsp3) is 0.565. The van der Waals surface area contributed by atoms with Gasteiger partial charge >= 0.3 is 30.0 Å². The minimum atomic E-state index is -2.40. The molecule has 16 heteroatoms. The van der Waals surface area contributed by atoms with Gasteiger partial charge in [-0.15, -0.1) is 0 Å². The molecule has 1 unspecified atom stereocenters. The topological polar surface area (TPSA) is 231 Å². The van der Waals surface area contributed by atoms with E-state index in [1.165, 1.54) is 26.0 Å². The molecule has 336 valence electrons. The fourth-order valence-electron chi connectivity index (χ4n) is 9.85. The number of hydrogen-bond donors (Lipinski definition) is 4. The third-order valence-electron chi connectivity index (χ3n) is 13.7. The van der Waals surface area contributed by atoms with Crippen molar-refractivity contribution in [3.63, 3.8) is 0 Å². The molecule has 4 N–H and O–H groups in total. The first-order chi connectivity index (χ1) is 28.9. The van der Waals surface area contributed by atoms with Crippen LogP contribution in [-0.2, 0) is 47.6 Å². The van der Waals surface area contributed by atoms with Gasteiger partial charge in [-0.1, -0.05) is 69.3 Å². The number of rotatable bonds is 11. The number of aliphatic hydroxyl groups excluding tert-OH is 2. The summed E-state index contributed by atoms with van der Waals surface area (Å²) in [7, 11) is 0. The molecule has 16 nitrogen and oxygen atoms in total. The fourth-order valence-corrected chi connectivity index (χ4v) is 9.85. The van der Waals surface area contributed by atoms with Crippen LogP contribution in [0.2, 0.25) is 0 Å². The van der Waals surface area contributed by atoms with Crippen LogP contribution in [0.1, 0.15) is 104 Å².